The fourth-order valence-corrected chi connectivity index (χ4v) is 8.75. The second kappa shape index (κ2) is 12.6. The van der Waals surface area contributed by atoms with Crippen LogP contribution in [0.1, 0.15) is 29.0 Å². The van der Waals surface area contributed by atoms with Crippen molar-refractivity contribution >= 4 is 71.5 Å². The summed E-state index contributed by atoms with van der Waals surface area (Å²) in [7, 11) is 0. The molecule has 0 saturated carbocycles. The summed E-state index contributed by atoms with van der Waals surface area (Å²) in [5.74, 6) is 0.854. The van der Waals surface area contributed by atoms with Crippen molar-refractivity contribution in [1.82, 2.24) is 15.2 Å². The highest BCUT2D eigenvalue weighted by atomic mass is 16.3. The van der Waals surface area contributed by atoms with Crippen molar-refractivity contribution < 1.29 is 8.83 Å². The molecule has 0 amide bonds. The predicted octanol–water partition coefficient (Wildman–Crippen LogP) is 12.6. The van der Waals surface area contributed by atoms with Gasteiger partial charge in [-0.05, 0) is 70.8 Å². The largest absolute Gasteiger partial charge is 0.456 e. The van der Waals surface area contributed by atoms with Crippen LogP contribution in [0.4, 0.5) is 0 Å². The molecule has 8 aromatic carbocycles. The lowest BCUT2D eigenvalue weighted by Gasteiger charge is -2.32. The number of nitrogens with zero attached hydrogens (tertiary/aromatic N) is 2. The molecular weight excluding hydrogens is 701 g/mol. The number of hydrogen-bond donors (Lipinski definition) is 2. The monoisotopic (exact) mass is 734 g/mol. The van der Waals surface area contributed by atoms with Crippen molar-refractivity contribution in [2.24, 2.45) is 4.99 Å². The van der Waals surface area contributed by atoms with E-state index in [1.165, 1.54) is 10.8 Å². The highest BCUT2D eigenvalue weighted by molar-refractivity contribution is 6.13. The van der Waals surface area contributed by atoms with Crippen LogP contribution in [0.2, 0.25) is 0 Å². The van der Waals surface area contributed by atoms with Crippen LogP contribution in [-0.2, 0) is 0 Å². The lowest BCUT2D eigenvalue weighted by atomic mass is 10.0. The average Bonchev–Trinajstić information content (AvgIpc) is 3.95. The molecule has 3 aromatic heterocycles. The molecule has 4 heterocycles. The van der Waals surface area contributed by atoms with E-state index in [0.717, 1.165) is 94.3 Å². The Bertz CT molecular complexity index is 3320. The Morgan fingerprint density at radius 3 is 1.89 bits per heavy atom. The molecule has 2 unspecified atom stereocenters. The molecule has 0 radical (unpaired) electrons. The number of amidine groups is 1. The Morgan fingerprint density at radius 2 is 1.09 bits per heavy atom. The van der Waals surface area contributed by atoms with E-state index >= 15 is 0 Å². The van der Waals surface area contributed by atoms with E-state index in [9.17, 15) is 0 Å². The SMILES string of the molecule is c1ccc(C2=NC(c3ccc4c(c3)oc3ccc(-c5ccc6c(c5)oc5c(-n7c8ccccc8c8ccccc87)cccc56)cc34)NC(c3ccccc3)N2)cc1. The van der Waals surface area contributed by atoms with Gasteiger partial charge in [-0.15, -0.1) is 0 Å². The van der Waals surface area contributed by atoms with Gasteiger partial charge in [-0.2, -0.15) is 0 Å². The van der Waals surface area contributed by atoms with Gasteiger partial charge in [0, 0.05) is 37.9 Å². The summed E-state index contributed by atoms with van der Waals surface area (Å²) in [5.41, 5.74) is 12.2. The molecule has 11 aromatic rings. The minimum absolute atomic E-state index is 0.109. The Morgan fingerprint density at radius 1 is 0.439 bits per heavy atom. The van der Waals surface area contributed by atoms with E-state index in [4.69, 9.17) is 13.8 Å². The summed E-state index contributed by atoms with van der Waals surface area (Å²) >= 11 is 0. The number of fused-ring (bicyclic) bond motifs is 9. The number of furan rings is 2. The van der Waals surface area contributed by atoms with Crippen molar-refractivity contribution in [3.05, 3.63) is 199 Å². The lowest BCUT2D eigenvalue weighted by molar-refractivity contribution is 0.409. The zero-order valence-electron chi connectivity index (χ0n) is 30.7. The van der Waals surface area contributed by atoms with E-state index in [1.807, 2.05) is 24.3 Å². The summed E-state index contributed by atoms with van der Waals surface area (Å²) in [6, 6.07) is 63.8. The minimum atomic E-state index is -0.272. The number of hydrogen-bond acceptors (Lipinski definition) is 5. The first-order valence-corrected chi connectivity index (χ1v) is 19.3. The fraction of sp³-hybridized carbons (Fsp3) is 0.0392. The van der Waals surface area contributed by atoms with E-state index in [1.54, 1.807) is 0 Å². The molecule has 6 nitrogen and oxygen atoms in total. The molecule has 12 rings (SSSR count). The van der Waals surface area contributed by atoms with Crippen LogP contribution in [0.3, 0.4) is 0 Å². The quantitative estimate of drug-likeness (QED) is 0.185. The van der Waals surface area contributed by atoms with Crippen LogP contribution >= 0.6 is 0 Å². The molecule has 0 aliphatic carbocycles. The fourth-order valence-electron chi connectivity index (χ4n) is 8.75. The van der Waals surface area contributed by atoms with Crippen molar-refractivity contribution in [2.75, 3.05) is 0 Å². The van der Waals surface area contributed by atoms with E-state index < -0.39 is 0 Å². The van der Waals surface area contributed by atoms with Gasteiger partial charge in [-0.25, -0.2) is 4.99 Å². The standard InChI is InChI=1S/C51H34N4O2/c1-3-12-31(13-4-1)49-52-50(32-14-5-2-6-15-32)54-51(53-49)35-23-26-39-41-28-33(24-27-45(41)56-46(39)30-35)34-22-25-38-40-18-11-21-44(48(40)57-47(38)29-34)55-42-19-9-7-16-36(42)37-17-8-10-20-43(37)55/h1-30,49,51,53H,(H,52,54). The van der Waals surface area contributed by atoms with E-state index in [2.05, 4.69) is 173 Å². The number of aromatic nitrogens is 1. The maximum atomic E-state index is 6.79. The summed E-state index contributed by atoms with van der Waals surface area (Å²) < 4.78 is 15.6. The van der Waals surface area contributed by atoms with Crippen LogP contribution in [0.15, 0.2) is 196 Å². The highest BCUT2D eigenvalue weighted by Gasteiger charge is 2.26. The number of benzene rings is 8. The first kappa shape index (κ1) is 31.9. The molecule has 1 aliphatic rings. The minimum Gasteiger partial charge on any atom is -0.456 e. The van der Waals surface area contributed by atoms with Crippen molar-refractivity contribution in [2.45, 2.75) is 12.3 Å². The molecular formula is C51H34N4O2. The lowest BCUT2D eigenvalue weighted by Crippen LogP contribution is -2.44. The molecule has 1 aliphatic heterocycles. The van der Waals surface area contributed by atoms with Gasteiger partial charge in [0.2, 0.25) is 0 Å². The second-order valence-corrected chi connectivity index (χ2v) is 14.8. The Balaban J connectivity index is 0.923. The average molecular weight is 735 g/mol. The summed E-state index contributed by atoms with van der Waals surface area (Å²) in [4.78, 5) is 5.14. The normalized spacial score (nSPS) is 15.9. The van der Waals surface area contributed by atoms with Crippen molar-refractivity contribution in [1.29, 1.82) is 0 Å². The van der Waals surface area contributed by atoms with Gasteiger partial charge in [-0.1, -0.05) is 133 Å². The summed E-state index contributed by atoms with van der Waals surface area (Å²) in [6.07, 6.45) is -0.381. The zero-order valence-corrected chi connectivity index (χ0v) is 30.7. The third-order valence-electron chi connectivity index (χ3n) is 11.5. The molecule has 6 heteroatoms. The first-order valence-electron chi connectivity index (χ1n) is 19.3. The molecule has 270 valence electrons. The number of para-hydroxylation sites is 3. The van der Waals surface area contributed by atoms with Crippen LogP contribution in [0.5, 0.6) is 0 Å². The van der Waals surface area contributed by atoms with Gasteiger partial charge in [0.15, 0.2) is 5.58 Å². The van der Waals surface area contributed by atoms with Crippen LogP contribution in [-0.4, -0.2) is 10.4 Å². The molecule has 2 N–H and O–H groups in total. The van der Waals surface area contributed by atoms with Gasteiger partial charge in [-0.3, -0.25) is 5.32 Å². The van der Waals surface area contributed by atoms with Gasteiger partial charge in [0.25, 0.3) is 0 Å². The predicted molar refractivity (Wildman–Crippen MR) is 232 cm³/mol. The smallest absolute Gasteiger partial charge is 0.159 e. The van der Waals surface area contributed by atoms with Crippen LogP contribution < -0.4 is 10.6 Å². The Kier molecular flexibility index (Phi) is 7.03. The van der Waals surface area contributed by atoms with Crippen LogP contribution in [0, 0.1) is 0 Å². The second-order valence-electron chi connectivity index (χ2n) is 14.8. The Labute approximate surface area is 327 Å². The third-order valence-corrected chi connectivity index (χ3v) is 11.5. The summed E-state index contributed by atoms with van der Waals surface area (Å²) in [6.45, 7) is 0. The molecule has 0 spiro atoms. The Hall–Kier alpha value is -7.41. The topological polar surface area (TPSA) is 67.6 Å². The van der Waals surface area contributed by atoms with Gasteiger partial charge >= 0.3 is 0 Å². The van der Waals surface area contributed by atoms with Crippen LogP contribution in [0.25, 0.3) is 82.5 Å². The number of nitrogens with one attached hydrogen (secondary N) is 2. The maximum absolute atomic E-state index is 6.79. The molecule has 57 heavy (non-hydrogen) atoms. The number of aliphatic imine (C=N–C) groups is 1. The highest BCUT2D eigenvalue weighted by Crippen LogP contribution is 2.40. The molecule has 0 fully saturated rings. The number of rotatable bonds is 5. The maximum Gasteiger partial charge on any atom is 0.159 e. The first-order chi connectivity index (χ1) is 28.2. The van der Waals surface area contributed by atoms with Crippen molar-refractivity contribution in [3.8, 4) is 16.8 Å². The van der Waals surface area contributed by atoms with Gasteiger partial charge in [0.1, 0.15) is 34.9 Å². The van der Waals surface area contributed by atoms with Gasteiger partial charge in [0.05, 0.1) is 16.7 Å². The van der Waals surface area contributed by atoms with E-state index in [-0.39, 0.29) is 12.3 Å². The summed E-state index contributed by atoms with van der Waals surface area (Å²) in [5, 5.41) is 14.1. The molecule has 2 atom stereocenters. The zero-order chi connectivity index (χ0) is 37.5. The molecule has 0 saturated heterocycles. The van der Waals surface area contributed by atoms with Crippen molar-refractivity contribution in [3.63, 3.8) is 0 Å². The van der Waals surface area contributed by atoms with E-state index in [0.29, 0.717) is 0 Å². The molecule has 0 bridgehead atoms. The van der Waals surface area contributed by atoms with Gasteiger partial charge < -0.3 is 18.7 Å². The third kappa shape index (κ3) is 5.12.